The Labute approximate surface area is 89.7 Å². The molecule has 0 aliphatic rings. The molecule has 0 saturated heterocycles. The average Bonchev–Trinajstić information content (AvgIpc) is 2.43. The van der Waals surface area contributed by atoms with E-state index < -0.39 is 14.9 Å². The largest absolute Gasteiger partial charge is 0.332 e. The van der Waals surface area contributed by atoms with E-state index in [1.54, 1.807) is 0 Å². The molecule has 0 amide bonds. The Morgan fingerprint density at radius 2 is 2.13 bits per heavy atom. The Kier molecular flexibility index (Phi) is 2.20. The van der Waals surface area contributed by atoms with Crippen molar-refractivity contribution >= 4 is 30.8 Å². The van der Waals surface area contributed by atoms with E-state index in [-0.39, 0.29) is 5.03 Å². The molecule has 2 aromatic rings. The first-order valence-corrected chi connectivity index (χ1v) is 6.26. The predicted molar refractivity (Wildman–Crippen MR) is 53.7 cm³/mol. The fraction of sp³-hybridized carbons (Fsp3) is 0.125. The summed E-state index contributed by atoms with van der Waals surface area (Å²) in [5.41, 5.74) is 0.771. The van der Waals surface area contributed by atoms with Crippen molar-refractivity contribution in [2.75, 3.05) is 0 Å². The third-order valence-electron chi connectivity index (χ3n) is 2.07. The van der Waals surface area contributed by atoms with E-state index >= 15 is 0 Å². The normalized spacial score (nSPS) is 12.2. The van der Waals surface area contributed by atoms with Gasteiger partial charge in [-0.05, 0) is 0 Å². The number of rotatable bonds is 1. The summed E-state index contributed by atoms with van der Waals surface area (Å²) < 4.78 is 36.4. The Balaban J connectivity index is 2.87. The Hall–Kier alpha value is -1.14. The van der Waals surface area contributed by atoms with Crippen molar-refractivity contribution in [3.05, 3.63) is 24.1 Å². The lowest BCUT2D eigenvalue weighted by atomic mass is 10.4. The molecule has 80 valence electrons. The molecule has 0 saturated carbocycles. The van der Waals surface area contributed by atoms with Crippen LogP contribution in [0.2, 0.25) is 0 Å². The van der Waals surface area contributed by atoms with Crippen LogP contribution >= 0.6 is 10.7 Å². The number of halogens is 2. The highest BCUT2D eigenvalue weighted by Crippen LogP contribution is 2.23. The number of aromatic nitrogens is 2. The van der Waals surface area contributed by atoms with Crippen molar-refractivity contribution < 1.29 is 12.8 Å². The highest BCUT2D eigenvalue weighted by atomic mass is 35.7. The summed E-state index contributed by atoms with van der Waals surface area (Å²) in [4.78, 5) is 3.76. The summed E-state index contributed by atoms with van der Waals surface area (Å²) in [6, 6.07) is 2.50. The minimum absolute atomic E-state index is 0.0998. The first kappa shape index (κ1) is 10.4. The molecule has 2 aromatic heterocycles. The number of hydrogen-bond acceptors (Lipinski definition) is 3. The van der Waals surface area contributed by atoms with Crippen LogP contribution in [0.5, 0.6) is 0 Å². The third-order valence-corrected chi connectivity index (χ3v) is 3.43. The van der Waals surface area contributed by atoms with E-state index in [4.69, 9.17) is 10.7 Å². The van der Waals surface area contributed by atoms with Crippen molar-refractivity contribution in [1.29, 1.82) is 0 Å². The van der Waals surface area contributed by atoms with Gasteiger partial charge in [0.05, 0.1) is 17.2 Å². The summed E-state index contributed by atoms with van der Waals surface area (Å²) in [5.74, 6) is -0.526. The number of hydrogen-bond donors (Lipinski definition) is 0. The lowest BCUT2D eigenvalue weighted by Gasteiger charge is -1.99. The van der Waals surface area contributed by atoms with Crippen molar-refractivity contribution in [3.63, 3.8) is 0 Å². The second-order valence-corrected chi connectivity index (χ2v) is 5.55. The molecular weight excluding hydrogens is 243 g/mol. The molecule has 2 rings (SSSR count). The van der Waals surface area contributed by atoms with E-state index in [1.807, 2.05) is 0 Å². The predicted octanol–water partition coefficient (Wildman–Crippen LogP) is 1.64. The van der Waals surface area contributed by atoms with Gasteiger partial charge in [0.15, 0.2) is 5.03 Å². The minimum atomic E-state index is -3.84. The quantitative estimate of drug-likeness (QED) is 0.721. The van der Waals surface area contributed by atoms with E-state index in [9.17, 15) is 12.8 Å². The van der Waals surface area contributed by atoms with Gasteiger partial charge in [-0.3, -0.25) is 4.98 Å². The number of nitrogens with zero attached hydrogens (tertiary/aromatic N) is 2. The molecule has 0 atom stereocenters. The van der Waals surface area contributed by atoms with Crippen LogP contribution in [0, 0.1) is 5.82 Å². The SMILES string of the molecule is Cn1c(S(=O)(=O)Cl)cc2ncc(F)cc21. The molecule has 7 heteroatoms. The van der Waals surface area contributed by atoms with Crippen LogP contribution in [-0.2, 0) is 16.1 Å². The zero-order valence-electron chi connectivity index (χ0n) is 7.61. The minimum Gasteiger partial charge on any atom is -0.332 e. The van der Waals surface area contributed by atoms with E-state index in [2.05, 4.69) is 4.98 Å². The van der Waals surface area contributed by atoms with Gasteiger partial charge in [-0.25, -0.2) is 12.8 Å². The van der Waals surface area contributed by atoms with Crippen molar-refractivity contribution in [2.24, 2.45) is 7.05 Å². The van der Waals surface area contributed by atoms with Crippen LogP contribution in [0.25, 0.3) is 11.0 Å². The lowest BCUT2D eigenvalue weighted by molar-refractivity contribution is 0.600. The molecule has 0 N–H and O–H groups in total. The van der Waals surface area contributed by atoms with Gasteiger partial charge in [-0.2, -0.15) is 0 Å². The number of aryl methyl sites for hydroxylation is 1. The number of fused-ring (bicyclic) bond motifs is 1. The molecular formula is C8H6ClFN2O2S. The molecule has 0 aliphatic carbocycles. The van der Waals surface area contributed by atoms with Gasteiger partial charge >= 0.3 is 0 Å². The van der Waals surface area contributed by atoms with Crippen LogP contribution in [-0.4, -0.2) is 18.0 Å². The molecule has 0 spiro atoms. The summed E-state index contributed by atoms with van der Waals surface area (Å²) >= 11 is 0. The van der Waals surface area contributed by atoms with E-state index in [0.717, 1.165) is 6.20 Å². The second-order valence-electron chi connectivity index (χ2n) is 3.04. The summed E-state index contributed by atoms with van der Waals surface area (Å²) in [7, 11) is 2.85. The maximum atomic E-state index is 12.9. The lowest BCUT2D eigenvalue weighted by Crippen LogP contribution is -1.99. The molecule has 0 aliphatic heterocycles. The van der Waals surface area contributed by atoms with Crippen molar-refractivity contribution in [3.8, 4) is 0 Å². The van der Waals surface area contributed by atoms with Gasteiger partial charge < -0.3 is 4.57 Å². The molecule has 0 bridgehead atoms. The van der Waals surface area contributed by atoms with Gasteiger partial charge in [0.25, 0.3) is 9.05 Å². The second kappa shape index (κ2) is 3.18. The average molecular weight is 249 g/mol. The first-order valence-electron chi connectivity index (χ1n) is 3.95. The van der Waals surface area contributed by atoms with Gasteiger partial charge in [0.2, 0.25) is 0 Å². The Morgan fingerprint density at radius 1 is 1.47 bits per heavy atom. The molecule has 0 unspecified atom stereocenters. The summed E-state index contributed by atoms with van der Waals surface area (Å²) in [6.07, 6.45) is 1.02. The van der Waals surface area contributed by atoms with Gasteiger partial charge in [0.1, 0.15) is 5.82 Å². The zero-order chi connectivity index (χ0) is 11.2. The molecule has 2 heterocycles. The zero-order valence-corrected chi connectivity index (χ0v) is 9.18. The summed E-state index contributed by atoms with van der Waals surface area (Å²) in [5, 5.41) is -0.0998. The summed E-state index contributed by atoms with van der Waals surface area (Å²) in [6.45, 7) is 0. The monoisotopic (exact) mass is 248 g/mol. The topological polar surface area (TPSA) is 52.0 Å². The highest BCUT2D eigenvalue weighted by molar-refractivity contribution is 8.13. The molecule has 4 nitrogen and oxygen atoms in total. The van der Waals surface area contributed by atoms with Crippen molar-refractivity contribution in [2.45, 2.75) is 5.03 Å². The van der Waals surface area contributed by atoms with Crippen LogP contribution in [0.4, 0.5) is 4.39 Å². The molecule has 0 aromatic carbocycles. The fourth-order valence-electron chi connectivity index (χ4n) is 1.39. The standard InChI is InChI=1S/C8H6ClFN2O2S/c1-12-7-2-5(10)4-11-6(7)3-8(12)15(9,13)14/h2-4H,1H3. The molecule has 15 heavy (non-hydrogen) atoms. The maximum Gasteiger partial charge on any atom is 0.276 e. The van der Waals surface area contributed by atoms with Crippen LogP contribution in [0.1, 0.15) is 0 Å². The van der Waals surface area contributed by atoms with Crippen LogP contribution < -0.4 is 0 Å². The Bertz CT molecular complexity index is 635. The third kappa shape index (κ3) is 1.70. The van der Waals surface area contributed by atoms with Crippen LogP contribution in [0.15, 0.2) is 23.4 Å². The molecule has 0 fully saturated rings. The van der Waals surface area contributed by atoms with Gasteiger partial charge in [-0.15, -0.1) is 0 Å². The van der Waals surface area contributed by atoms with E-state index in [0.29, 0.717) is 11.0 Å². The fourth-order valence-corrected chi connectivity index (χ4v) is 2.51. The van der Waals surface area contributed by atoms with Crippen molar-refractivity contribution in [1.82, 2.24) is 9.55 Å². The Morgan fingerprint density at radius 3 is 2.73 bits per heavy atom. The highest BCUT2D eigenvalue weighted by Gasteiger charge is 2.17. The first-order chi connectivity index (χ1) is 6.89. The van der Waals surface area contributed by atoms with Gasteiger partial charge in [0, 0.05) is 29.9 Å². The van der Waals surface area contributed by atoms with E-state index in [1.165, 1.54) is 23.7 Å². The molecule has 0 radical (unpaired) electrons. The maximum absolute atomic E-state index is 12.9. The number of pyridine rings is 1. The van der Waals surface area contributed by atoms with Crippen LogP contribution in [0.3, 0.4) is 0 Å². The van der Waals surface area contributed by atoms with Gasteiger partial charge in [-0.1, -0.05) is 0 Å². The smallest absolute Gasteiger partial charge is 0.276 e.